The molecule has 1 aliphatic rings. The predicted octanol–water partition coefficient (Wildman–Crippen LogP) is 2.43. The highest BCUT2D eigenvalue weighted by Gasteiger charge is 2.33. The number of hydrogen-bond acceptors (Lipinski definition) is 5. The Kier molecular flexibility index (Phi) is 3.75. The Morgan fingerprint density at radius 3 is 2.89 bits per heavy atom. The van der Waals surface area contributed by atoms with Gasteiger partial charge in [0.05, 0.1) is 12.8 Å². The monoisotopic (exact) mass is 325 g/mol. The van der Waals surface area contributed by atoms with E-state index in [2.05, 4.69) is 26.6 Å². The van der Waals surface area contributed by atoms with E-state index >= 15 is 0 Å². The molecule has 0 aromatic heterocycles. The van der Waals surface area contributed by atoms with Gasteiger partial charge < -0.3 is 20.2 Å². The van der Waals surface area contributed by atoms with E-state index in [4.69, 9.17) is 4.74 Å². The van der Waals surface area contributed by atoms with E-state index in [0.29, 0.717) is 11.4 Å². The van der Waals surface area contributed by atoms with Gasteiger partial charge in [-0.2, -0.15) is 0 Å². The molecule has 1 heterocycles. The van der Waals surface area contributed by atoms with E-state index in [9.17, 15) is 10.1 Å². The van der Waals surface area contributed by atoms with Crippen LogP contribution in [0.4, 0.5) is 5.69 Å². The zero-order valence-corrected chi connectivity index (χ0v) is 11.7. The molecule has 0 spiro atoms. The largest absolute Gasteiger partial charge is 0.495 e. The molecular weight excluding hydrogens is 314 g/mol. The Bertz CT molecular complexity index is 559. The molecule has 1 atom stereocenters. The lowest BCUT2D eigenvalue weighted by Crippen LogP contribution is -2.46. The maximum absolute atomic E-state index is 10.8. The first-order valence-electron chi connectivity index (χ1n) is 5.46. The van der Waals surface area contributed by atoms with Crippen molar-refractivity contribution < 1.29 is 9.66 Å². The number of benzene rings is 1. The minimum absolute atomic E-state index is 0.0956. The van der Waals surface area contributed by atoms with Crippen LogP contribution in [-0.4, -0.2) is 16.6 Å². The molecule has 0 fully saturated rings. The van der Waals surface area contributed by atoms with Gasteiger partial charge in [0.15, 0.2) is 0 Å². The third-order valence-corrected chi connectivity index (χ3v) is 3.17. The van der Waals surface area contributed by atoms with Crippen molar-refractivity contribution in [1.29, 1.82) is 0 Å². The first-order valence-corrected chi connectivity index (χ1v) is 6.25. The molecular formula is C12H12BrN3O3. The van der Waals surface area contributed by atoms with Gasteiger partial charge in [0.25, 0.3) is 4.57 Å². The zero-order chi connectivity index (χ0) is 13.9. The van der Waals surface area contributed by atoms with E-state index in [1.807, 2.05) is 18.2 Å². The molecule has 2 N–H and O–H groups in total. The number of methoxy groups -OCH3 is 1. The van der Waals surface area contributed by atoms with E-state index in [-0.39, 0.29) is 5.82 Å². The summed E-state index contributed by atoms with van der Waals surface area (Å²) in [6.07, 6.45) is 4.72. The summed E-state index contributed by atoms with van der Waals surface area (Å²) in [6.45, 7) is 0. The number of nitrogens with one attached hydrogen (secondary N) is 2. The number of hydrogen-bond donors (Lipinski definition) is 2. The van der Waals surface area contributed by atoms with Crippen molar-refractivity contribution in [3.05, 3.63) is 58.4 Å². The molecule has 7 heteroatoms. The average Bonchev–Trinajstić information content (AvgIpc) is 2.39. The van der Waals surface area contributed by atoms with Gasteiger partial charge in [-0.15, -0.1) is 0 Å². The summed E-state index contributed by atoms with van der Waals surface area (Å²) in [5.41, 5.74) is 0.712. The Morgan fingerprint density at radius 2 is 2.21 bits per heavy atom. The molecule has 0 bridgehead atoms. The van der Waals surface area contributed by atoms with Gasteiger partial charge in [-0.05, 0) is 39.1 Å². The maximum atomic E-state index is 10.8. The third-order valence-electron chi connectivity index (χ3n) is 2.51. The lowest BCUT2D eigenvalue weighted by molar-refractivity contribution is -0.432. The van der Waals surface area contributed by atoms with Crippen molar-refractivity contribution in [2.45, 2.75) is 4.57 Å². The number of para-hydroxylation sites is 2. The first-order chi connectivity index (χ1) is 9.04. The normalized spacial score (nSPS) is 21.3. The van der Waals surface area contributed by atoms with Crippen molar-refractivity contribution in [1.82, 2.24) is 5.32 Å². The number of allylic oxidation sites excluding steroid dienone is 2. The molecule has 0 saturated carbocycles. The van der Waals surface area contributed by atoms with Crippen LogP contribution in [0.25, 0.3) is 0 Å². The van der Waals surface area contributed by atoms with Crippen LogP contribution >= 0.6 is 15.9 Å². The van der Waals surface area contributed by atoms with Gasteiger partial charge in [-0.25, -0.2) is 5.32 Å². The second kappa shape index (κ2) is 5.31. The fourth-order valence-electron chi connectivity index (χ4n) is 1.66. The number of alkyl halides is 1. The molecule has 1 unspecified atom stereocenters. The highest BCUT2D eigenvalue weighted by molar-refractivity contribution is 9.10. The van der Waals surface area contributed by atoms with Gasteiger partial charge >= 0.3 is 5.82 Å². The summed E-state index contributed by atoms with van der Waals surface area (Å²) in [4.78, 5) is 10.3. The molecule has 100 valence electrons. The van der Waals surface area contributed by atoms with E-state index in [1.54, 1.807) is 25.3 Å². The topological polar surface area (TPSA) is 76.4 Å². The van der Waals surface area contributed by atoms with Gasteiger partial charge in [0.1, 0.15) is 5.75 Å². The van der Waals surface area contributed by atoms with Crippen LogP contribution in [-0.2, 0) is 0 Å². The molecule has 0 radical (unpaired) electrons. The van der Waals surface area contributed by atoms with Crippen molar-refractivity contribution in [3.63, 3.8) is 0 Å². The number of ether oxygens (including phenoxy) is 1. The summed E-state index contributed by atoms with van der Waals surface area (Å²) in [6, 6.07) is 7.31. The number of nitro groups is 1. The van der Waals surface area contributed by atoms with Gasteiger partial charge in [-0.3, -0.25) is 0 Å². The van der Waals surface area contributed by atoms with Crippen molar-refractivity contribution in [2.24, 2.45) is 0 Å². The van der Waals surface area contributed by atoms with Crippen LogP contribution in [0, 0.1) is 10.1 Å². The van der Waals surface area contributed by atoms with Crippen molar-refractivity contribution in [3.8, 4) is 5.75 Å². The summed E-state index contributed by atoms with van der Waals surface area (Å²) < 4.78 is 4.29. The number of halogens is 1. The molecule has 0 amide bonds. The summed E-state index contributed by atoms with van der Waals surface area (Å²) in [7, 11) is 1.56. The smallest absolute Gasteiger partial charge is 0.319 e. The Morgan fingerprint density at radius 1 is 1.47 bits per heavy atom. The molecule has 1 aromatic carbocycles. The molecule has 0 aliphatic carbocycles. The van der Waals surface area contributed by atoms with Crippen LogP contribution in [0.5, 0.6) is 5.75 Å². The fraction of sp³-hybridized carbons (Fsp3) is 0.167. The standard InChI is InChI=1S/C12H12BrN3O3/c1-19-10-6-3-2-5-9(10)14-12(13)8-4-7-11(15-12)16(17)18/h2-8,14-15H,1H3. The molecule has 19 heavy (non-hydrogen) atoms. The quantitative estimate of drug-likeness (QED) is 0.385. The third kappa shape index (κ3) is 3.05. The van der Waals surface area contributed by atoms with E-state index < -0.39 is 9.50 Å². The van der Waals surface area contributed by atoms with Crippen LogP contribution in [0.15, 0.2) is 48.3 Å². The minimum atomic E-state index is -0.932. The highest BCUT2D eigenvalue weighted by Crippen LogP contribution is 2.30. The molecule has 0 saturated heterocycles. The van der Waals surface area contributed by atoms with Gasteiger partial charge in [-0.1, -0.05) is 18.2 Å². The average molecular weight is 326 g/mol. The number of dihydropyridines is 1. The second-order valence-electron chi connectivity index (χ2n) is 3.83. The Balaban J connectivity index is 2.21. The predicted molar refractivity (Wildman–Crippen MR) is 75.6 cm³/mol. The summed E-state index contributed by atoms with van der Waals surface area (Å²) in [5.74, 6) is 0.551. The first kappa shape index (κ1) is 13.4. The highest BCUT2D eigenvalue weighted by atomic mass is 79.9. The minimum Gasteiger partial charge on any atom is -0.495 e. The zero-order valence-electron chi connectivity index (χ0n) is 10.1. The van der Waals surface area contributed by atoms with Crippen LogP contribution in [0.1, 0.15) is 0 Å². The fourth-order valence-corrected chi connectivity index (χ4v) is 2.23. The number of anilines is 1. The van der Waals surface area contributed by atoms with Crippen molar-refractivity contribution >= 4 is 21.6 Å². The molecule has 1 aromatic rings. The van der Waals surface area contributed by atoms with Crippen LogP contribution in [0.3, 0.4) is 0 Å². The van der Waals surface area contributed by atoms with E-state index in [1.165, 1.54) is 6.08 Å². The van der Waals surface area contributed by atoms with Crippen LogP contribution in [0.2, 0.25) is 0 Å². The summed E-state index contributed by atoms with van der Waals surface area (Å²) >= 11 is 3.39. The second-order valence-corrected chi connectivity index (χ2v) is 5.08. The molecule has 2 rings (SSSR count). The SMILES string of the molecule is COc1ccccc1NC1(Br)C=CC=C([N+](=O)[O-])N1. The molecule has 6 nitrogen and oxygen atoms in total. The number of rotatable bonds is 4. The van der Waals surface area contributed by atoms with Gasteiger partial charge in [0.2, 0.25) is 0 Å². The van der Waals surface area contributed by atoms with Gasteiger partial charge in [0, 0.05) is 6.08 Å². The Labute approximate surface area is 118 Å². The number of nitrogens with zero attached hydrogens (tertiary/aromatic N) is 1. The van der Waals surface area contributed by atoms with E-state index in [0.717, 1.165) is 0 Å². The Hall–Kier alpha value is -2.02. The van der Waals surface area contributed by atoms with Crippen LogP contribution < -0.4 is 15.4 Å². The molecule has 1 aliphatic heterocycles. The van der Waals surface area contributed by atoms with Crippen molar-refractivity contribution in [2.75, 3.05) is 12.4 Å². The lowest BCUT2D eigenvalue weighted by Gasteiger charge is -2.26. The lowest BCUT2D eigenvalue weighted by atomic mass is 10.2. The summed E-state index contributed by atoms with van der Waals surface area (Å²) in [5, 5.41) is 16.6. The maximum Gasteiger partial charge on any atom is 0.319 e.